The number of nitrogens with zero attached hydrogens (tertiary/aromatic N) is 1. The molecule has 0 aromatic rings. The average molecular weight is 139 g/mol. The van der Waals surface area contributed by atoms with Crippen LogP contribution in [0.3, 0.4) is 0 Å². The van der Waals surface area contributed by atoms with E-state index in [2.05, 4.69) is 11.8 Å². The van der Waals surface area contributed by atoms with Gasteiger partial charge in [-0.05, 0) is 37.6 Å². The van der Waals surface area contributed by atoms with E-state index >= 15 is 0 Å². The molecule has 0 aromatic heterocycles. The molecule has 0 unspecified atom stereocenters. The topological polar surface area (TPSA) is 3.24 Å². The van der Waals surface area contributed by atoms with E-state index < -0.39 is 0 Å². The van der Waals surface area contributed by atoms with E-state index in [0.717, 1.165) is 11.8 Å². The van der Waals surface area contributed by atoms with Gasteiger partial charge >= 0.3 is 0 Å². The van der Waals surface area contributed by atoms with Crippen LogP contribution in [0, 0.1) is 11.8 Å². The highest BCUT2D eigenvalue weighted by atomic mass is 15.1. The number of hydrogen-bond acceptors (Lipinski definition) is 1. The van der Waals surface area contributed by atoms with Gasteiger partial charge in [-0.2, -0.15) is 0 Å². The standard InChI is InChI=1S/C9H17N/c1-8-4-5-10(6-8)7-9-2-3-9/h8-9H,2-7H2,1H3/t8-/m1/s1. The van der Waals surface area contributed by atoms with Crippen molar-refractivity contribution >= 4 is 0 Å². The zero-order valence-corrected chi connectivity index (χ0v) is 6.84. The quantitative estimate of drug-likeness (QED) is 0.563. The van der Waals surface area contributed by atoms with Gasteiger partial charge in [-0.1, -0.05) is 6.92 Å². The third-order valence-corrected chi connectivity index (χ3v) is 2.72. The summed E-state index contributed by atoms with van der Waals surface area (Å²) in [6.07, 6.45) is 4.45. The van der Waals surface area contributed by atoms with Gasteiger partial charge in [0, 0.05) is 13.1 Å². The van der Waals surface area contributed by atoms with Crippen molar-refractivity contribution in [2.45, 2.75) is 26.2 Å². The highest BCUT2D eigenvalue weighted by Gasteiger charge is 2.27. The Hall–Kier alpha value is -0.0400. The maximum atomic E-state index is 2.64. The van der Waals surface area contributed by atoms with Crippen LogP contribution in [-0.4, -0.2) is 24.5 Å². The first-order valence-corrected chi connectivity index (χ1v) is 4.57. The van der Waals surface area contributed by atoms with E-state index in [1.807, 2.05) is 0 Å². The molecule has 2 aliphatic rings. The summed E-state index contributed by atoms with van der Waals surface area (Å²) in [7, 11) is 0. The normalized spacial score (nSPS) is 35.1. The molecule has 0 N–H and O–H groups in total. The first-order chi connectivity index (χ1) is 4.84. The largest absolute Gasteiger partial charge is 0.303 e. The molecule has 0 spiro atoms. The van der Waals surface area contributed by atoms with Crippen LogP contribution in [0.2, 0.25) is 0 Å². The van der Waals surface area contributed by atoms with Crippen molar-refractivity contribution in [2.24, 2.45) is 11.8 Å². The Labute approximate surface area is 63.4 Å². The molecular formula is C9H17N. The lowest BCUT2D eigenvalue weighted by molar-refractivity contribution is 0.314. The van der Waals surface area contributed by atoms with Gasteiger partial charge in [-0.3, -0.25) is 0 Å². The lowest BCUT2D eigenvalue weighted by atomic mass is 10.2. The number of rotatable bonds is 2. The molecule has 1 heteroatoms. The van der Waals surface area contributed by atoms with E-state index in [-0.39, 0.29) is 0 Å². The second kappa shape index (κ2) is 2.54. The minimum Gasteiger partial charge on any atom is -0.303 e. The lowest BCUT2D eigenvalue weighted by Gasteiger charge is -2.13. The molecule has 1 aliphatic heterocycles. The Balaban J connectivity index is 1.72. The Kier molecular flexibility index (Phi) is 1.69. The third-order valence-electron chi connectivity index (χ3n) is 2.72. The molecule has 1 aliphatic carbocycles. The van der Waals surface area contributed by atoms with Crippen LogP contribution in [0.15, 0.2) is 0 Å². The first-order valence-electron chi connectivity index (χ1n) is 4.57. The second-order valence-corrected chi connectivity index (χ2v) is 4.10. The van der Waals surface area contributed by atoms with Crippen molar-refractivity contribution in [2.75, 3.05) is 19.6 Å². The molecule has 1 saturated heterocycles. The van der Waals surface area contributed by atoms with Gasteiger partial charge in [-0.15, -0.1) is 0 Å². The molecule has 1 nitrogen and oxygen atoms in total. The fraction of sp³-hybridized carbons (Fsp3) is 1.00. The molecule has 0 bridgehead atoms. The van der Waals surface area contributed by atoms with E-state index in [4.69, 9.17) is 0 Å². The highest BCUT2D eigenvalue weighted by molar-refractivity contribution is 4.81. The van der Waals surface area contributed by atoms with Gasteiger partial charge in [-0.25, -0.2) is 0 Å². The summed E-state index contributed by atoms with van der Waals surface area (Å²) in [6, 6.07) is 0. The third kappa shape index (κ3) is 1.51. The molecule has 1 saturated carbocycles. The van der Waals surface area contributed by atoms with Crippen LogP contribution in [0.25, 0.3) is 0 Å². The molecule has 0 radical (unpaired) electrons. The molecule has 10 heavy (non-hydrogen) atoms. The number of hydrogen-bond donors (Lipinski definition) is 0. The van der Waals surface area contributed by atoms with Crippen molar-refractivity contribution in [3.05, 3.63) is 0 Å². The minimum atomic E-state index is 0.971. The fourth-order valence-corrected chi connectivity index (χ4v) is 1.86. The van der Waals surface area contributed by atoms with E-state index in [1.54, 1.807) is 0 Å². The molecule has 1 heterocycles. The molecule has 0 aromatic carbocycles. The predicted octanol–water partition coefficient (Wildman–Crippen LogP) is 1.74. The zero-order valence-electron chi connectivity index (χ0n) is 6.84. The van der Waals surface area contributed by atoms with Crippen LogP contribution >= 0.6 is 0 Å². The molecule has 2 fully saturated rings. The molecule has 0 amide bonds. The molecule has 58 valence electrons. The van der Waals surface area contributed by atoms with Crippen molar-refractivity contribution in [1.29, 1.82) is 0 Å². The van der Waals surface area contributed by atoms with Crippen LogP contribution in [0.4, 0.5) is 0 Å². The van der Waals surface area contributed by atoms with Gasteiger partial charge < -0.3 is 4.90 Å². The Morgan fingerprint density at radius 2 is 2.10 bits per heavy atom. The van der Waals surface area contributed by atoms with Crippen molar-refractivity contribution < 1.29 is 0 Å². The maximum Gasteiger partial charge on any atom is 0.000978 e. The summed E-state index contributed by atoms with van der Waals surface area (Å²) >= 11 is 0. The molecular weight excluding hydrogens is 122 g/mol. The van der Waals surface area contributed by atoms with Crippen molar-refractivity contribution in [3.63, 3.8) is 0 Å². The molecule has 2 rings (SSSR count). The van der Waals surface area contributed by atoms with Crippen LogP contribution in [-0.2, 0) is 0 Å². The van der Waals surface area contributed by atoms with E-state index in [1.165, 1.54) is 38.9 Å². The average Bonchev–Trinajstić information content (AvgIpc) is 2.59. The second-order valence-electron chi connectivity index (χ2n) is 4.10. The summed E-state index contributed by atoms with van der Waals surface area (Å²) < 4.78 is 0. The van der Waals surface area contributed by atoms with Gasteiger partial charge in [0.15, 0.2) is 0 Å². The summed E-state index contributed by atoms with van der Waals surface area (Å²) in [4.78, 5) is 2.64. The Morgan fingerprint density at radius 1 is 1.30 bits per heavy atom. The smallest absolute Gasteiger partial charge is 0.000978 e. The van der Waals surface area contributed by atoms with E-state index in [9.17, 15) is 0 Å². The Morgan fingerprint density at radius 3 is 2.60 bits per heavy atom. The van der Waals surface area contributed by atoms with Gasteiger partial charge in [0.05, 0.1) is 0 Å². The SMILES string of the molecule is C[C@@H]1CCN(CC2CC2)C1. The Bertz CT molecular complexity index is 118. The van der Waals surface area contributed by atoms with Crippen molar-refractivity contribution in [3.8, 4) is 0 Å². The minimum absolute atomic E-state index is 0.971. The maximum absolute atomic E-state index is 2.64. The monoisotopic (exact) mass is 139 g/mol. The predicted molar refractivity (Wildman–Crippen MR) is 42.9 cm³/mol. The van der Waals surface area contributed by atoms with Crippen LogP contribution in [0.1, 0.15) is 26.2 Å². The highest BCUT2D eigenvalue weighted by Crippen LogP contribution is 2.31. The van der Waals surface area contributed by atoms with Crippen LogP contribution < -0.4 is 0 Å². The molecule has 1 atom stereocenters. The van der Waals surface area contributed by atoms with E-state index in [0.29, 0.717) is 0 Å². The summed E-state index contributed by atoms with van der Waals surface area (Å²) in [5.41, 5.74) is 0. The zero-order chi connectivity index (χ0) is 6.97. The van der Waals surface area contributed by atoms with Crippen molar-refractivity contribution in [1.82, 2.24) is 4.90 Å². The fourth-order valence-electron chi connectivity index (χ4n) is 1.86. The van der Waals surface area contributed by atoms with Crippen LogP contribution in [0.5, 0.6) is 0 Å². The number of likely N-dealkylation sites (tertiary alicyclic amines) is 1. The lowest BCUT2D eigenvalue weighted by Crippen LogP contribution is -2.22. The summed E-state index contributed by atoms with van der Waals surface area (Å²) in [6.45, 7) is 6.52. The summed E-state index contributed by atoms with van der Waals surface area (Å²) in [5.74, 6) is 2.06. The van der Waals surface area contributed by atoms with Gasteiger partial charge in [0.1, 0.15) is 0 Å². The summed E-state index contributed by atoms with van der Waals surface area (Å²) in [5, 5.41) is 0. The van der Waals surface area contributed by atoms with Gasteiger partial charge in [0.2, 0.25) is 0 Å². The van der Waals surface area contributed by atoms with Gasteiger partial charge in [0.25, 0.3) is 0 Å². The first kappa shape index (κ1) is 6.66.